The van der Waals surface area contributed by atoms with Crippen molar-refractivity contribution in [1.82, 2.24) is 0 Å². The Morgan fingerprint density at radius 3 is 2.84 bits per heavy atom. The van der Waals surface area contributed by atoms with Crippen molar-refractivity contribution in [2.75, 3.05) is 18.1 Å². The van der Waals surface area contributed by atoms with Crippen LogP contribution in [-0.2, 0) is 4.74 Å². The lowest BCUT2D eigenvalue weighted by Crippen LogP contribution is -2.48. The molecule has 2 aliphatic carbocycles. The Balaban J connectivity index is 1.43. The van der Waals surface area contributed by atoms with Gasteiger partial charge in [-0.1, -0.05) is 6.42 Å². The number of ether oxygens (including phenoxy) is 1. The molecule has 2 bridgehead atoms. The van der Waals surface area contributed by atoms with Gasteiger partial charge in [-0.3, -0.25) is 0 Å². The van der Waals surface area contributed by atoms with Crippen LogP contribution in [0.3, 0.4) is 0 Å². The molecule has 2 heterocycles. The van der Waals surface area contributed by atoms with E-state index in [1.54, 1.807) is 0 Å². The summed E-state index contributed by atoms with van der Waals surface area (Å²) in [5, 5.41) is 0. The minimum absolute atomic E-state index is 0.211. The Bertz CT molecular complexity index is 342. The molecule has 0 aromatic carbocycles. The first-order chi connectivity index (χ1) is 9.26. The van der Waals surface area contributed by atoms with Crippen LogP contribution in [0.15, 0.2) is 0 Å². The Morgan fingerprint density at radius 1 is 1.21 bits per heavy atom. The van der Waals surface area contributed by atoms with Crippen LogP contribution in [0.2, 0.25) is 0 Å². The predicted octanol–water partition coefficient (Wildman–Crippen LogP) is 3.05. The monoisotopic (exact) mass is 281 g/mol. The third-order valence-electron chi connectivity index (χ3n) is 6.43. The second kappa shape index (κ2) is 4.92. The van der Waals surface area contributed by atoms with Gasteiger partial charge in [-0.15, -0.1) is 0 Å². The standard InChI is InChI=1S/C16H27NOS/c17-15(14-8-11-1-2-12(14)7-11)13-3-5-18-16(9-13)4-6-19-10-16/h11-15H,1-10,17H2. The summed E-state index contributed by atoms with van der Waals surface area (Å²) in [7, 11) is 0. The van der Waals surface area contributed by atoms with Crippen LogP contribution in [0.4, 0.5) is 0 Å². The minimum Gasteiger partial charge on any atom is -0.374 e. The Morgan fingerprint density at radius 2 is 2.16 bits per heavy atom. The van der Waals surface area contributed by atoms with Crippen molar-refractivity contribution < 1.29 is 4.74 Å². The Hall–Kier alpha value is 0.270. The summed E-state index contributed by atoms with van der Waals surface area (Å²) < 4.78 is 6.16. The van der Waals surface area contributed by atoms with Crippen molar-refractivity contribution in [2.24, 2.45) is 29.4 Å². The van der Waals surface area contributed by atoms with Gasteiger partial charge in [-0.25, -0.2) is 0 Å². The molecule has 19 heavy (non-hydrogen) atoms. The highest BCUT2D eigenvalue weighted by Gasteiger charge is 2.47. The zero-order chi connectivity index (χ0) is 12.9. The van der Waals surface area contributed by atoms with Gasteiger partial charge in [-0.2, -0.15) is 11.8 Å². The average Bonchev–Trinajstić information content (AvgIpc) is 3.14. The second-order valence-corrected chi connectivity index (χ2v) is 8.61. The average molecular weight is 281 g/mol. The normalized spacial score (nSPS) is 51.0. The van der Waals surface area contributed by atoms with E-state index in [1.165, 1.54) is 56.5 Å². The van der Waals surface area contributed by atoms with E-state index in [1.807, 2.05) is 0 Å². The summed E-state index contributed by atoms with van der Waals surface area (Å²) in [5.41, 5.74) is 6.94. The maximum absolute atomic E-state index is 6.73. The summed E-state index contributed by atoms with van der Waals surface area (Å²) in [4.78, 5) is 0. The molecular formula is C16H27NOS. The van der Waals surface area contributed by atoms with Crippen LogP contribution in [0, 0.1) is 23.7 Å². The maximum atomic E-state index is 6.73. The maximum Gasteiger partial charge on any atom is 0.0783 e. The van der Waals surface area contributed by atoms with Gasteiger partial charge in [-0.05, 0) is 67.9 Å². The highest BCUT2D eigenvalue weighted by atomic mass is 32.2. The molecule has 0 aromatic rings. The molecule has 2 aliphatic heterocycles. The number of nitrogens with two attached hydrogens (primary N) is 1. The molecular weight excluding hydrogens is 254 g/mol. The molecule has 4 aliphatic rings. The lowest BCUT2D eigenvalue weighted by atomic mass is 9.73. The van der Waals surface area contributed by atoms with Crippen LogP contribution < -0.4 is 5.73 Å². The highest BCUT2D eigenvalue weighted by Crippen LogP contribution is 2.51. The Labute approximate surface area is 121 Å². The van der Waals surface area contributed by atoms with Gasteiger partial charge in [0.25, 0.3) is 0 Å². The zero-order valence-electron chi connectivity index (χ0n) is 11.9. The first-order valence-electron chi connectivity index (χ1n) is 8.23. The number of rotatable bonds is 2. The molecule has 108 valence electrons. The van der Waals surface area contributed by atoms with Crippen LogP contribution in [0.1, 0.15) is 44.9 Å². The molecule has 2 saturated heterocycles. The van der Waals surface area contributed by atoms with Crippen molar-refractivity contribution >= 4 is 11.8 Å². The van der Waals surface area contributed by atoms with Gasteiger partial charge >= 0.3 is 0 Å². The Kier molecular flexibility index (Phi) is 3.36. The lowest BCUT2D eigenvalue weighted by molar-refractivity contribution is -0.0872. The summed E-state index contributed by atoms with van der Waals surface area (Å²) in [6.07, 6.45) is 9.59. The van der Waals surface area contributed by atoms with Crippen molar-refractivity contribution in [2.45, 2.75) is 56.6 Å². The fourth-order valence-electron chi connectivity index (χ4n) is 5.37. The number of fused-ring (bicyclic) bond motifs is 2. The summed E-state index contributed by atoms with van der Waals surface area (Å²) >= 11 is 2.07. The van der Waals surface area contributed by atoms with E-state index >= 15 is 0 Å². The van der Waals surface area contributed by atoms with E-state index in [2.05, 4.69) is 11.8 Å². The molecule has 6 atom stereocenters. The van der Waals surface area contributed by atoms with E-state index in [4.69, 9.17) is 10.5 Å². The first kappa shape index (κ1) is 13.0. The quantitative estimate of drug-likeness (QED) is 0.845. The zero-order valence-corrected chi connectivity index (χ0v) is 12.7. The van der Waals surface area contributed by atoms with Gasteiger partial charge < -0.3 is 10.5 Å². The van der Waals surface area contributed by atoms with Crippen molar-refractivity contribution in [1.29, 1.82) is 0 Å². The molecule has 2 N–H and O–H groups in total. The molecule has 2 nitrogen and oxygen atoms in total. The fourth-order valence-corrected chi connectivity index (χ4v) is 6.75. The predicted molar refractivity (Wildman–Crippen MR) is 80.3 cm³/mol. The lowest BCUT2D eigenvalue weighted by Gasteiger charge is -2.42. The molecule has 6 unspecified atom stereocenters. The third kappa shape index (κ3) is 2.26. The van der Waals surface area contributed by atoms with Crippen LogP contribution in [0.5, 0.6) is 0 Å². The molecule has 3 heteroatoms. The van der Waals surface area contributed by atoms with Crippen molar-refractivity contribution in [3.05, 3.63) is 0 Å². The van der Waals surface area contributed by atoms with Crippen molar-refractivity contribution in [3.63, 3.8) is 0 Å². The van der Waals surface area contributed by atoms with Gasteiger partial charge in [0.05, 0.1) is 5.60 Å². The number of thioether (sulfide) groups is 1. The summed E-state index contributed by atoms with van der Waals surface area (Å²) in [6, 6.07) is 0.460. The minimum atomic E-state index is 0.211. The fraction of sp³-hybridized carbons (Fsp3) is 1.00. The highest BCUT2D eigenvalue weighted by molar-refractivity contribution is 7.99. The SMILES string of the molecule is NC(C1CCOC2(CCSC2)C1)C1CC2CCC1C2. The summed E-state index contributed by atoms with van der Waals surface area (Å²) in [5.74, 6) is 6.07. The van der Waals surface area contributed by atoms with Crippen LogP contribution in [0.25, 0.3) is 0 Å². The first-order valence-corrected chi connectivity index (χ1v) is 9.38. The third-order valence-corrected chi connectivity index (χ3v) is 7.65. The topological polar surface area (TPSA) is 35.2 Å². The smallest absolute Gasteiger partial charge is 0.0783 e. The second-order valence-electron chi connectivity index (χ2n) is 7.50. The molecule has 4 fully saturated rings. The van der Waals surface area contributed by atoms with Gasteiger partial charge in [0, 0.05) is 18.4 Å². The van der Waals surface area contributed by atoms with E-state index in [0.717, 1.165) is 30.3 Å². The van der Waals surface area contributed by atoms with E-state index in [0.29, 0.717) is 6.04 Å². The largest absolute Gasteiger partial charge is 0.374 e. The molecule has 0 amide bonds. The van der Waals surface area contributed by atoms with Gasteiger partial charge in [0.2, 0.25) is 0 Å². The van der Waals surface area contributed by atoms with Crippen LogP contribution >= 0.6 is 11.8 Å². The van der Waals surface area contributed by atoms with Crippen LogP contribution in [-0.4, -0.2) is 29.8 Å². The molecule has 2 saturated carbocycles. The number of hydrogen-bond acceptors (Lipinski definition) is 3. The number of hydrogen-bond donors (Lipinski definition) is 1. The van der Waals surface area contributed by atoms with E-state index in [-0.39, 0.29) is 5.60 Å². The summed E-state index contributed by atoms with van der Waals surface area (Å²) in [6.45, 7) is 0.958. The van der Waals surface area contributed by atoms with Crippen molar-refractivity contribution in [3.8, 4) is 0 Å². The molecule has 4 rings (SSSR count). The van der Waals surface area contributed by atoms with Gasteiger partial charge in [0.15, 0.2) is 0 Å². The molecule has 0 aromatic heterocycles. The van der Waals surface area contributed by atoms with E-state index in [9.17, 15) is 0 Å². The van der Waals surface area contributed by atoms with Gasteiger partial charge in [0.1, 0.15) is 0 Å². The molecule has 0 radical (unpaired) electrons. The molecule has 1 spiro atoms. The van der Waals surface area contributed by atoms with E-state index < -0.39 is 0 Å².